The average Bonchev–Trinajstić information content (AvgIpc) is 3.48. The number of furan rings is 1. The maximum Gasteiger partial charge on any atom is 0.267 e. The number of halogens is 1. The van der Waals surface area contributed by atoms with Crippen molar-refractivity contribution in [3.05, 3.63) is 76.1 Å². The summed E-state index contributed by atoms with van der Waals surface area (Å²) in [5, 5.41) is 4.13. The fourth-order valence-electron chi connectivity index (χ4n) is 3.40. The van der Waals surface area contributed by atoms with Gasteiger partial charge in [0.1, 0.15) is 5.58 Å². The SMILES string of the molecule is CCC(Oc1c(-c2ccco2)oc2ccccc2c1=O)C(=O)Nc1nc2ccc(Cl)cc2s1. The highest BCUT2D eigenvalue weighted by molar-refractivity contribution is 7.22. The maximum atomic E-state index is 13.2. The van der Waals surface area contributed by atoms with Crippen molar-refractivity contribution in [3.63, 3.8) is 0 Å². The van der Waals surface area contributed by atoms with Crippen LogP contribution in [-0.4, -0.2) is 17.0 Å². The number of rotatable bonds is 6. The molecule has 0 aliphatic heterocycles. The lowest BCUT2D eigenvalue weighted by Gasteiger charge is -2.17. The van der Waals surface area contributed by atoms with Crippen LogP contribution in [0.2, 0.25) is 5.02 Å². The van der Waals surface area contributed by atoms with Crippen LogP contribution in [0.4, 0.5) is 5.13 Å². The molecule has 1 N–H and O–H groups in total. The van der Waals surface area contributed by atoms with Crippen molar-refractivity contribution in [1.82, 2.24) is 4.98 Å². The van der Waals surface area contributed by atoms with E-state index in [9.17, 15) is 9.59 Å². The molecule has 0 spiro atoms. The van der Waals surface area contributed by atoms with Crippen LogP contribution in [0.5, 0.6) is 5.75 Å². The van der Waals surface area contributed by atoms with Crippen molar-refractivity contribution in [3.8, 4) is 17.3 Å². The number of fused-ring (bicyclic) bond motifs is 2. The smallest absolute Gasteiger partial charge is 0.267 e. The minimum absolute atomic E-state index is 0.0817. The summed E-state index contributed by atoms with van der Waals surface area (Å²) < 4.78 is 18.2. The van der Waals surface area contributed by atoms with E-state index < -0.39 is 12.0 Å². The summed E-state index contributed by atoms with van der Waals surface area (Å²) >= 11 is 7.34. The van der Waals surface area contributed by atoms with Crippen LogP contribution >= 0.6 is 22.9 Å². The van der Waals surface area contributed by atoms with E-state index in [1.54, 1.807) is 61.5 Å². The first kappa shape index (κ1) is 21.2. The highest BCUT2D eigenvalue weighted by Crippen LogP contribution is 2.33. The summed E-state index contributed by atoms with van der Waals surface area (Å²) in [6, 6.07) is 15.5. The normalized spacial score (nSPS) is 12.2. The zero-order valence-corrected chi connectivity index (χ0v) is 18.9. The van der Waals surface area contributed by atoms with E-state index in [0.29, 0.717) is 33.3 Å². The summed E-state index contributed by atoms with van der Waals surface area (Å²) in [6.07, 6.45) is 0.822. The molecule has 7 nitrogen and oxygen atoms in total. The van der Waals surface area contributed by atoms with Gasteiger partial charge in [-0.2, -0.15) is 0 Å². The topological polar surface area (TPSA) is 94.6 Å². The lowest BCUT2D eigenvalue weighted by Crippen LogP contribution is -2.33. The summed E-state index contributed by atoms with van der Waals surface area (Å²) in [6.45, 7) is 1.79. The third-order valence-electron chi connectivity index (χ3n) is 5.01. The molecule has 0 saturated carbocycles. The third-order valence-corrected chi connectivity index (χ3v) is 6.17. The van der Waals surface area contributed by atoms with Crippen molar-refractivity contribution in [2.45, 2.75) is 19.4 Å². The minimum atomic E-state index is -0.960. The number of hydrogen-bond acceptors (Lipinski definition) is 7. The van der Waals surface area contributed by atoms with Gasteiger partial charge in [0.25, 0.3) is 5.91 Å². The molecule has 3 aromatic heterocycles. The van der Waals surface area contributed by atoms with E-state index in [1.165, 1.54) is 17.6 Å². The van der Waals surface area contributed by atoms with Crippen molar-refractivity contribution in [1.29, 1.82) is 0 Å². The van der Waals surface area contributed by atoms with Crippen molar-refractivity contribution >= 4 is 55.2 Å². The van der Waals surface area contributed by atoms with E-state index in [0.717, 1.165) is 10.2 Å². The van der Waals surface area contributed by atoms with E-state index in [2.05, 4.69) is 10.3 Å². The predicted molar refractivity (Wildman–Crippen MR) is 128 cm³/mol. The largest absolute Gasteiger partial charge is 0.473 e. The van der Waals surface area contributed by atoms with E-state index >= 15 is 0 Å². The number of hydrogen-bond donors (Lipinski definition) is 1. The number of amides is 1. The van der Waals surface area contributed by atoms with Crippen molar-refractivity contribution < 1.29 is 18.4 Å². The van der Waals surface area contributed by atoms with Gasteiger partial charge >= 0.3 is 0 Å². The Labute approximate surface area is 196 Å². The predicted octanol–water partition coefficient (Wildman–Crippen LogP) is 6.11. The Morgan fingerprint density at radius 1 is 1.21 bits per heavy atom. The zero-order chi connectivity index (χ0) is 22.9. The average molecular weight is 481 g/mol. The number of nitrogens with zero attached hydrogens (tertiary/aromatic N) is 1. The standard InChI is InChI=1S/C24H17ClN2O5S/c1-2-16(23(29)27-24-26-15-10-9-13(25)12-19(15)33-24)31-22-20(28)14-6-3-4-7-17(14)32-21(22)18-8-5-11-30-18/h3-12,16H,2H2,1H3,(H,26,27,29). The molecule has 0 radical (unpaired) electrons. The Morgan fingerprint density at radius 3 is 2.85 bits per heavy atom. The van der Waals surface area contributed by atoms with E-state index in [4.69, 9.17) is 25.2 Å². The molecule has 0 saturated heterocycles. The fraction of sp³-hybridized carbons (Fsp3) is 0.125. The van der Waals surface area contributed by atoms with Crippen LogP contribution < -0.4 is 15.5 Å². The molecule has 3 heterocycles. The molecule has 0 aliphatic carbocycles. The molecule has 1 amide bonds. The molecule has 1 unspecified atom stereocenters. The number of anilines is 1. The second-order valence-corrected chi connectivity index (χ2v) is 8.67. The number of carbonyl (C=O) groups is 1. The first-order chi connectivity index (χ1) is 16.0. The maximum absolute atomic E-state index is 13.2. The lowest BCUT2D eigenvalue weighted by molar-refractivity contribution is -0.122. The number of carbonyl (C=O) groups excluding carboxylic acids is 1. The summed E-state index contributed by atoms with van der Waals surface area (Å²) in [5.74, 6) is -0.0573. The van der Waals surface area contributed by atoms with Crippen LogP contribution in [0, 0.1) is 0 Å². The highest BCUT2D eigenvalue weighted by Gasteiger charge is 2.26. The van der Waals surface area contributed by atoms with Crippen LogP contribution in [-0.2, 0) is 4.79 Å². The highest BCUT2D eigenvalue weighted by atomic mass is 35.5. The van der Waals surface area contributed by atoms with Gasteiger partial charge in [0, 0.05) is 5.02 Å². The summed E-state index contributed by atoms with van der Waals surface area (Å²) in [5.41, 5.74) is 0.736. The summed E-state index contributed by atoms with van der Waals surface area (Å²) in [7, 11) is 0. The lowest BCUT2D eigenvalue weighted by atomic mass is 10.2. The fourth-order valence-corrected chi connectivity index (χ4v) is 4.55. The Kier molecular flexibility index (Phi) is 5.62. The van der Waals surface area contributed by atoms with Gasteiger partial charge in [0.05, 0.1) is 21.9 Å². The van der Waals surface area contributed by atoms with Gasteiger partial charge in [0.2, 0.25) is 16.9 Å². The number of nitrogens with one attached hydrogen (secondary N) is 1. The monoisotopic (exact) mass is 480 g/mol. The van der Waals surface area contributed by atoms with Gasteiger partial charge in [-0.3, -0.25) is 14.9 Å². The molecule has 1 atom stereocenters. The second kappa shape index (κ2) is 8.73. The van der Waals surface area contributed by atoms with Gasteiger partial charge in [-0.05, 0) is 48.9 Å². The Morgan fingerprint density at radius 2 is 2.06 bits per heavy atom. The number of thiazole rings is 1. The number of benzene rings is 2. The first-order valence-electron chi connectivity index (χ1n) is 10.2. The second-order valence-electron chi connectivity index (χ2n) is 7.20. The number of para-hydroxylation sites is 1. The number of ether oxygens (including phenoxy) is 1. The van der Waals surface area contributed by atoms with Crippen molar-refractivity contribution in [2.24, 2.45) is 0 Å². The molecule has 2 aromatic carbocycles. The van der Waals surface area contributed by atoms with Gasteiger partial charge in [0.15, 0.2) is 17.0 Å². The van der Waals surface area contributed by atoms with E-state index in [-0.39, 0.29) is 16.9 Å². The molecule has 0 aliphatic rings. The Bertz CT molecular complexity index is 1520. The third kappa shape index (κ3) is 4.10. The number of aromatic nitrogens is 1. The minimum Gasteiger partial charge on any atom is -0.473 e. The molecule has 5 rings (SSSR count). The van der Waals surface area contributed by atoms with E-state index in [1.807, 2.05) is 0 Å². The Hall–Kier alpha value is -3.62. The van der Waals surface area contributed by atoms with Crippen LogP contribution in [0.3, 0.4) is 0 Å². The molecule has 0 bridgehead atoms. The van der Waals surface area contributed by atoms with Gasteiger partial charge in [-0.25, -0.2) is 4.98 Å². The molecule has 166 valence electrons. The summed E-state index contributed by atoms with van der Waals surface area (Å²) in [4.78, 5) is 30.7. The van der Waals surface area contributed by atoms with Gasteiger partial charge in [-0.15, -0.1) is 0 Å². The molecular weight excluding hydrogens is 464 g/mol. The first-order valence-corrected chi connectivity index (χ1v) is 11.4. The van der Waals surface area contributed by atoms with Crippen molar-refractivity contribution in [2.75, 3.05) is 5.32 Å². The zero-order valence-electron chi connectivity index (χ0n) is 17.3. The molecule has 33 heavy (non-hydrogen) atoms. The van der Waals surface area contributed by atoms with Crippen LogP contribution in [0.1, 0.15) is 13.3 Å². The Balaban J connectivity index is 1.49. The molecule has 0 fully saturated rings. The van der Waals surface area contributed by atoms with Crippen LogP contribution in [0.25, 0.3) is 32.7 Å². The molecular formula is C24H17ClN2O5S. The van der Waals surface area contributed by atoms with Gasteiger partial charge < -0.3 is 13.6 Å². The van der Waals surface area contributed by atoms with Crippen LogP contribution in [0.15, 0.2) is 74.5 Å². The molecule has 9 heteroatoms. The molecule has 5 aromatic rings. The quantitative estimate of drug-likeness (QED) is 0.315. The van der Waals surface area contributed by atoms with Gasteiger partial charge in [-0.1, -0.05) is 42.0 Å².